The summed E-state index contributed by atoms with van der Waals surface area (Å²) in [6, 6.07) is 9.32. The van der Waals surface area contributed by atoms with Gasteiger partial charge < -0.3 is 16.2 Å². The largest absolute Gasteiger partial charge is 0.478 e. The number of nitrogens with two attached hydrogens (primary N) is 1. The third-order valence-electron chi connectivity index (χ3n) is 4.75. The van der Waals surface area contributed by atoms with Crippen LogP contribution >= 0.6 is 0 Å². The lowest BCUT2D eigenvalue weighted by Gasteiger charge is -2.31. The maximum atomic E-state index is 12.0. The van der Waals surface area contributed by atoms with E-state index in [9.17, 15) is 9.90 Å². The summed E-state index contributed by atoms with van der Waals surface area (Å²) >= 11 is 0. The zero-order valence-corrected chi connectivity index (χ0v) is 16.4. The Hall–Kier alpha value is -3.00. The number of aryl methyl sites for hydroxylation is 1. The van der Waals surface area contributed by atoms with E-state index in [-0.39, 0.29) is 5.56 Å². The van der Waals surface area contributed by atoms with Gasteiger partial charge >= 0.3 is 5.97 Å². The standard InChI is InChI=1S/C20H26N6O2/c1-4-11-20(21,12-5-2)23-18-16-17(15(19(27)28)13(3)22-18)26(25-24-16)14-9-7-6-8-10-14/h6-10H,4-5,11-12,21H2,1-3H3,(H,22,23)(H,27,28). The van der Waals surface area contributed by atoms with Crippen LogP contribution in [0.5, 0.6) is 0 Å². The van der Waals surface area contributed by atoms with Gasteiger partial charge in [-0.3, -0.25) is 0 Å². The van der Waals surface area contributed by atoms with Crippen LogP contribution in [0.1, 0.15) is 55.6 Å². The van der Waals surface area contributed by atoms with Crippen LogP contribution in [0.2, 0.25) is 0 Å². The Labute approximate surface area is 163 Å². The Morgan fingerprint density at radius 3 is 2.43 bits per heavy atom. The predicted octanol–water partition coefficient (Wildman–Crippen LogP) is 3.49. The molecule has 0 atom stereocenters. The molecule has 4 N–H and O–H groups in total. The van der Waals surface area contributed by atoms with Gasteiger partial charge in [0.1, 0.15) is 11.1 Å². The molecule has 2 heterocycles. The van der Waals surface area contributed by atoms with Gasteiger partial charge in [-0.1, -0.05) is 50.1 Å². The third-order valence-corrected chi connectivity index (χ3v) is 4.75. The molecule has 2 aromatic heterocycles. The highest BCUT2D eigenvalue weighted by molar-refractivity contribution is 6.05. The van der Waals surface area contributed by atoms with E-state index < -0.39 is 11.6 Å². The topological polar surface area (TPSA) is 119 Å². The molecule has 0 spiro atoms. The van der Waals surface area contributed by atoms with Gasteiger partial charge in [0.05, 0.1) is 17.0 Å². The SMILES string of the molecule is CCCC(N)(CCC)Nc1nc(C)c(C(=O)O)c2c1nnn2-c1ccccc1. The first kappa shape index (κ1) is 19.8. The number of benzene rings is 1. The number of para-hydroxylation sites is 1. The molecule has 0 radical (unpaired) electrons. The molecule has 148 valence electrons. The summed E-state index contributed by atoms with van der Waals surface area (Å²) in [7, 11) is 0. The van der Waals surface area contributed by atoms with Crippen LogP contribution in [-0.2, 0) is 0 Å². The molecule has 0 amide bonds. The van der Waals surface area contributed by atoms with Gasteiger partial charge in [0.2, 0.25) is 0 Å². The zero-order valence-electron chi connectivity index (χ0n) is 16.4. The van der Waals surface area contributed by atoms with Crippen molar-refractivity contribution in [3.8, 4) is 5.69 Å². The molecule has 3 aromatic rings. The minimum absolute atomic E-state index is 0.0861. The number of carbonyl (C=O) groups is 1. The van der Waals surface area contributed by atoms with Crippen LogP contribution in [0.3, 0.4) is 0 Å². The van der Waals surface area contributed by atoms with Crippen molar-refractivity contribution in [2.24, 2.45) is 5.73 Å². The second-order valence-corrected chi connectivity index (χ2v) is 7.04. The van der Waals surface area contributed by atoms with Gasteiger partial charge in [-0.25, -0.2) is 14.5 Å². The fourth-order valence-corrected chi connectivity index (χ4v) is 3.58. The summed E-state index contributed by atoms with van der Waals surface area (Å²) in [5.41, 5.74) is 7.95. The quantitative estimate of drug-likeness (QED) is 0.510. The number of hydrogen-bond donors (Lipinski definition) is 3. The van der Waals surface area contributed by atoms with Crippen molar-refractivity contribution in [1.82, 2.24) is 20.0 Å². The monoisotopic (exact) mass is 382 g/mol. The highest BCUT2D eigenvalue weighted by Gasteiger charge is 2.28. The summed E-state index contributed by atoms with van der Waals surface area (Å²) in [4.78, 5) is 16.5. The fourth-order valence-electron chi connectivity index (χ4n) is 3.58. The molecule has 8 heteroatoms. The van der Waals surface area contributed by atoms with E-state index in [1.165, 1.54) is 4.68 Å². The van der Waals surface area contributed by atoms with Crippen LogP contribution in [0, 0.1) is 6.92 Å². The molecule has 0 saturated carbocycles. The number of rotatable bonds is 8. The zero-order chi connectivity index (χ0) is 20.3. The van der Waals surface area contributed by atoms with E-state index >= 15 is 0 Å². The smallest absolute Gasteiger partial charge is 0.339 e. The van der Waals surface area contributed by atoms with Crippen LogP contribution in [0.4, 0.5) is 5.82 Å². The molecule has 0 aliphatic rings. The van der Waals surface area contributed by atoms with Crippen LogP contribution < -0.4 is 11.1 Å². The number of nitrogens with one attached hydrogen (secondary N) is 1. The highest BCUT2D eigenvalue weighted by Crippen LogP contribution is 2.30. The number of aromatic nitrogens is 4. The van der Waals surface area contributed by atoms with Gasteiger partial charge in [0.25, 0.3) is 0 Å². The lowest BCUT2D eigenvalue weighted by Crippen LogP contribution is -2.47. The van der Waals surface area contributed by atoms with Gasteiger partial charge in [0, 0.05) is 0 Å². The van der Waals surface area contributed by atoms with E-state index in [0.29, 0.717) is 22.5 Å². The summed E-state index contributed by atoms with van der Waals surface area (Å²) in [5, 5.41) is 21.6. The Kier molecular flexibility index (Phi) is 5.60. The summed E-state index contributed by atoms with van der Waals surface area (Å²) in [5.74, 6) is -0.605. The number of nitrogens with zero attached hydrogens (tertiary/aromatic N) is 4. The molecular formula is C20H26N6O2. The molecule has 3 rings (SSSR count). The molecule has 0 unspecified atom stereocenters. The Morgan fingerprint density at radius 1 is 1.21 bits per heavy atom. The molecule has 0 fully saturated rings. The Morgan fingerprint density at radius 2 is 1.86 bits per heavy atom. The van der Waals surface area contributed by atoms with Crippen molar-refractivity contribution in [1.29, 1.82) is 0 Å². The van der Waals surface area contributed by atoms with E-state index in [4.69, 9.17) is 5.73 Å². The van der Waals surface area contributed by atoms with Crippen molar-refractivity contribution >= 4 is 22.8 Å². The minimum atomic E-state index is -1.07. The number of carboxylic acids is 1. The van der Waals surface area contributed by atoms with E-state index in [0.717, 1.165) is 31.4 Å². The number of fused-ring (bicyclic) bond motifs is 1. The fraction of sp³-hybridized carbons (Fsp3) is 0.400. The lowest BCUT2D eigenvalue weighted by molar-refractivity contribution is 0.0697. The molecular weight excluding hydrogens is 356 g/mol. The third kappa shape index (κ3) is 3.68. The first-order valence-corrected chi connectivity index (χ1v) is 9.52. The molecule has 8 nitrogen and oxygen atoms in total. The number of pyridine rings is 1. The van der Waals surface area contributed by atoms with E-state index in [1.807, 2.05) is 30.3 Å². The number of hydrogen-bond acceptors (Lipinski definition) is 6. The molecule has 28 heavy (non-hydrogen) atoms. The molecule has 0 aliphatic carbocycles. The van der Waals surface area contributed by atoms with Crippen molar-refractivity contribution < 1.29 is 9.90 Å². The summed E-state index contributed by atoms with van der Waals surface area (Å²) < 4.78 is 1.54. The first-order valence-electron chi connectivity index (χ1n) is 9.52. The van der Waals surface area contributed by atoms with Crippen LogP contribution in [-0.4, -0.2) is 36.7 Å². The summed E-state index contributed by atoms with van der Waals surface area (Å²) in [6.45, 7) is 5.83. The van der Waals surface area contributed by atoms with Gasteiger partial charge in [-0.05, 0) is 31.9 Å². The second kappa shape index (κ2) is 7.93. The number of aromatic carboxylic acids is 1. The average Bonchev–Trinajstić information content (AvgIpc) is 3.07. The Balaban J connectivity index is 2.22. The van der Waals surface area contributed by atoms with Gasteiger partial charge in [-0.15, -0.1) is 5.10 Å². The maximum Gasteiger partial charge on any atom is 0.339 e. The van der Waals surface area contributed by atoms with Crippen molar-refractivity contribution in [3.05, 3.63) is 41.6 Å². The minimum Gasteiger partial charge on any atom is -0.478 e. The predicted molar refractivity (Wildman–Crippen MR) is 109 cm³/mol. The molecule has 1 aromatic carbocycles. The average molecular weight is 382 g/mol. The highest BCUT2D eigenvalue weighted by atomic mass is 16.4. The molecule has 0 bridgehead atoms. The van der Waals surface area contributed by atoms with Crippen LogP contribution in [0.25, 0.3) is 16.7 Å². The number of anilines is 1. The van der Waals surface area contributed by atoms with Crippen molar-refractivity contribution in [2.45, 2.75) is 52.1 Å². The van der Waals surface area contributed by atoms with Gasteiger partial charge in [0.15, 0.2) is 11.3 Å². The van der Waals surface area contributed by atoms with E-state index in [1.54, 1.807) is 6.92 Å². The van der Waals surface area contributed by atoms with Crippen molar-refractivity contribution in [2.75, 3.05) is 5.32 Å². The Bertz CT molecular complexity index is 977. The lowest BCUT2D eigenvalue weighted by atomic mass is 9.99. The van der Waals surface area contributed by atoms with Crippen LogP contribution in [0.15, 0.2) is 30.3 Å². The normalized spacial score (nSPS) is 11.7. The number of carboxylic acid groups (broad SMARTS) is 1. The van der Waals surface area contributed by atoms with Crippen molar-refractivity contribution in [3.63, 3.8) is 0 Å². The molecule has 0 aliphatic heterocycles. The molecule has 0 saturated heterocycles. The van der Waals surface area contributed by atoms with E-state index in [2.05, 4.69) is 34.5 Å². The maximum absolute atomic E-state index is 12.0. The summed E-state index contributed by atoms with van der Waals surface area (Å²) in [6.07, 6.45) is 3.35. The first-order chi connectivity index (χ1) is 13.4. The second-order valence-electron chi connectivity index (χ2n) is 7.04. The van der Waals surface area contributed by atoms with Gasteiger partial charge in [-0.2, -0.15) is 0 Å².